The Hall–Kier alpha value is -4.97. The van der Waals surface area contributed by atoms with Gasteiger partial charge in [0.25, 0.3) is 5.91 Å². The molecule has 5 aromatic rings. The summed E-state index contributed by atoms with van der Waals surface area (Å²) in [5.41, 5.74) is 5.60. The minimum Gasteiger partial charge on any atom is -0.489 e. The summed E-state index contributed by atoms with van der Waals surface area (Å²) in [6.07, 6.45) is 1.93. The molecule has 1 amide bonds. The van der Waals surface area contributed by atoms with Gasteiger partial charge >= 0.3 is 5.97 Å². The van der Waals surface area contributed by atoms with Crippen molar-refractivity contribution in [3.8, 4) is 16.9 Å². The first-order valence-electron chi connectivity index (χ1n) is 13.1. The highest BCUT2D eigenvalue weighted by molar-refractivity contribution is 5.98. The van der Waals surface area contributed by atoms with Crippen LogP contribution in [0.3, 0.4) is 0 Å². The second kappa shape index (κ2) is 12.3. The number of aromatic nitrogens is 1. The number of hydrogen-bond acceptors (Lipinski definition) is 5. The summed E-state index contributed by atoms with van der Waals surface area (Å²) in [6.45, 7) is 2.51. The Morgan fingerprint density at radius 3 is 2.23 bits per heavy atom. The van der Waals surface area contributed by atoms with E-state index in [1.165, 1.54) is 12.7 Å². The van der Waals surface area contributed by atoms with Crippen LogP contribution < -0.4 is 10.1 Å². The molecular formula is C34H30N2O4. The lowest BCUT2D eigenvalue weighted by Crippen LogP contribution is -2.43. The van der Waals surface area contributed by atoms with Crippen LogP contribution in [-0.2, 0) is 22.6 Å². The number of nitrogens with zero attached hydrogens (tertiary/aromatic N) is 1. The number of hydrogen-bond donors (Lipinski definition) is 1. The quantitative estimate of drug-likeness (QED) is 0.226. The van der Waals surface area contributed by atoms with Gasteiger partial charge in [-0.3, -0.25) is 9.78 Å². The van der Waals surface area contributed by atoms with Crippen LogP contribution in [-0.4, -0.2) is 30.0 Å². The molecule has 1 N–H and O–H groups in total. The molecule has 6 heteroatoms. The maximum atomic E-state index is 13.1. The number of fused-ring (bicyclic) bond motifs is 1. The summed E-state index contributed by atoms with van der Waals surface area (Å²) in [7, 11) is 1.31. The number of aryl methyl sites for hydroxylation is 1. The highest BCUT2D eigenvalue weighted by Gasteiger charge is 2.23. The number of methoxy groups -OCH3 is 1. The Balaban J connectivity index is 1.25. The monoisotopic (exact) mass is 530 g/mol. The Morgan fingerprint density at radius 1 is 0.800 bits per heavy atom. The average Bonchev–Trinajstić information content (AvgIpc) is 3.00. The maximum absolute atomic E-state index is 13.1. The predicted molar refractivity (Wildman–Crippen MR) is 156 cm³/mol. The summed E-state index contributed by atoms with van der Waals surface area (Å²) < 4.78 is 10.9. The highest BCUT2D eigenvalue weighted by atomic mass is 16.5. The molecule has 4 aromatic carbocycles. The van der Waals surface area contributed by atoms with Gasteiger partial charge in [0, 0.05) is 18.0 Å². The number of carbonyl (C=O) groups is 2. The van der Waals surface area contributed by atoms with Crippen molar-refractivity contribution >= 4 is 22.6 Å². The molecule has 200 valence electrons. The van der Waals surface area contributed by atoms with Crippen molar-refractivity contribution in [2.24, 2.45) is 0 Å². The molecule has 1 atom stereocenters. The molecule has 1 heterocycles. The fourth-order valence-corrected chi connectivity index (χ4v) is 4.45. The minimum absolute atomic E-state index is 0.217. The van der Waals surface area contributed by atoms with Gasteiger partial charge in [-0.15, -0.1) is 0 Å². The van der Waals surface area contributed by atoms with Gasteiger partial charge in [-0.1, -0.05) is 90.5 Å². The molecule has 5 rings (SSSR count). The molecule has 0 aliphatic carbocycles. The molecule has 0 aliphatic heterocycles. The topological polar surface area (TPSA) is 77.5 Å². The lowest BCUT2D eigenvalue weighted by atomic mass is 10.0. The van der Waals surface area contributed by atoms with E-state index < -0.39 is 17.9 Å². The van der Waals surface area contributed by atoms with Gasteiger partial charge < -0.3 is 14.8 Å². The molecule has 0 radical (unpaired) electrons. The van der Waals surface area contributed by atoms with Crippen molar-refractivity contribution in [3.63, 3.8) is 0 Å². The second-order valence-electron chi connectivity index (χ2n) is 9.67. The van der Waals surface area contributed by atoms with Crippen LogP contribution in [0.4, 0.5) is 0 Å². The Labute approximate surface area is 233 Å². The van der Waals surface area contributed by atoms with E-state index in [0.717, 1.165) is 38.8 Å². The van der Waals surface area contributed by atoms with Crippen molar-refractivity contribution in [2.75, 3.05) is 7.11 Å². The zero-order valence-corrected chi connectivity index (χ0v) is 22.5. The highest BCUT2D eigenvalue weighted by Crippen LogP contribution is 2.23. The number of ether oxygens (including phenoxy) is 2. The zero-order chi connectivity index (χ0) is 27.9. The van der Waals surface area contributed by atoms with Gasteiger partial charge in [0.15, 0.2) is 0 Å². The van der Waals surface area contributed by atoms with Crippen molar-refractivity contribution in [1.29, 1.82) is 0 Å². The summed E-state index contributed by atoms with van der Waals surface area (Å²) in [4.78, 5) is 30.0. The van der Waals surface area contributed by atoms with Gasteiger partial charge in [-0.25, -0.2) is 4.79 Å². The number of esters is 1. The summed E-state index contributed by atoms with van der Waals surface area (Å²) in [5, 5.41) is 4.49. The van der Waals surface area contributed by atoms with E-state index in [0.29, 0.717) is 13.0 Å². The van der Waals surface area contributed by atoms with E-state index in [-0.39, 0.29) is 5.69 Å². The fraction of sp³-hybridized carbons (Fsp3) is 0.147. The largest absolute Gasteiger partial charge is 0.489 e. The normalized spacial score (nSPS) is 11.6. The van der Waals surface area contributed by atoms with Crippen LogP contribution >= 0.6 is 0 Å². The van der Waals surface area contributed by atoms with E-state index in [1.807, 2.05) is 84.9 Å². The SMILES string of the molecule is COC(=O)[C@H](Cc1ccc(-c2ccccc2)cc1)NC(=O)c1cc2ccc(OCc3ccc(C)cc3)cc2cn1. The molecule has 40 heavy (non-hydrogen) atoms. The standard InChI is InChI=1S/C34H30N2O4/c1-23-8-10-25(11-9-23)22-40-30-17-16-28-20-31(35-21-29(28)19-30)33(37)36-32(34(38)39-2)18-24-12-14-27(15-13-24)26-6-4-3-5-7-26/h3-17,19-21,32H,18,22H2,1-2H3,(H,36,37)/t32-/m0/s1. The van der Waals surface area contributed by atoms with Crippen molar-refractivity contribution in [2.45, 2.75) is 26.0 Å². The van der Waals surface area contributed by atoms with E-state index in [1.54, 1.807) is 12.3 Å². The fourth-order valence-electron chi connectivity index (χ4n) is 4.45. The first-order valence-corrected chi connectivity index (χ1v) is 13.1. The second-order valence-corrected chi connectivity index (χ2v) is 9.67. The number of pyridine rings is 1. The number of nitrogens with one attached hydrogen (secondary N) is 1. The molecule has 0 saturated heterocycles. The smallest absolute Gasteiger partial charge is 0.328 e. The average molecular weight is 531 g/mol. The molecule has 0 bridgehead atoms. The third-order valence-corrected chi connectivity index (χ3v) is 6.74. The zero-order valence-electron chi connectivity index (χ0n) is 22.5. The number of benzene rings is 4. The van der Waals surface area contributed by atoms with Gasteiger partial charge in [-0.2, -0.15) is 0 Å². The molecule has 1 aromatic heterocycles. The van der Waals surface area contributed by atoms with Crippen LogP contribution in [0.5, 0.6) is 5.75 Å². The number of rotatable bonds is 9. The lowest BCUT2D eigenvalue weighted by Gasteiger charge is -2.17. The van der Waals surface area contributed by atoms with Gasteiger partial charge in [0.05, 0.1) is 7.11 Å². The van der Waals surface area contributed by atoms with E-state index in [4.69, 9.17) is 9.47 Å². The maximum Gasteiger partial charge on any atom is 0.328 e. The molecule has 0 aliphatic rings. The van der Waals surface area contributed by atoms with Crippen molar-refractivity contribution in [1.82, 2.24) is 10.3 Å². The van der Waals surface area contributed by atoms with Crippen LogP contribution in [0.2, 0.25) is 0 Å². The van der Waals surface area contributed by atoms with Gasteiger partial charge in [0.2, 0.25) is 0 Å². The Kier molecular flexibility index (Phi) is 8.16. The predicted octanol–water partition coefficient (Wildman–Crippen LogP) is 6.30. The Bertz CT molecular complexity index is 1610. The molecular weight excluding hydrogens is 500 g/mol. The number of carbonyl (C=O) groups excluding carboxylic acids is 2. The molecule has 0 fully saturated rings. The van der Waals surface area contributed by atoms with Crippen LogP contribution in [0.1, 0.15) is 27.2 Å². The van der Waals surface area contributed by atoms with E-state index in [9.17, 15) is 9.59 Å². The van der Waals surface area contributed by atoms with Gasteiger partial charge in [-0.05, 0) is 52.8 Å². The van der Waals surface area contributed by atoms with E-state index in [2.05, 4.69) is 29.4 Å². The summed E-state index contributed by atoms with van der Waals surface area (Å²) in [5.74, 6) is -0.245. The summed E-state index contributed by atoms with van der Waals surface area (Å²) in [6, 6.07) is 32.7. The van der Waals surface area contributed by atoms with Crippen LogP contribution in [0.15, 0.2) is 109 Å². The lowest BCUT2D eigenvalue weighted by molar-refractivity contribution is -0.142. The van der Waals surface area contributed by atoms with Crippen molar-refractivity contribution < 1.29 is 19.1 Å². The first kappa shape index (κ1) is 26.6. The van der Waals surface area contributed by atoms with Crippen molar-refractivity contribution in [3.05, 3.63) is 132 Å². The molecule has 0 unspecified atom stereocenters. The minimum atomic E-state index is -0.852. The Morgan fingerprint density at radius 2 is 1.50 bits per heavy atom. The summed E-state index contributed by atoms with van der Waals surface area (Å²) >= 11 is 0. The molecule has 0 saturated carbocycles. The first-order chi connectivity index (χ1) is 19.5. The third kappa shape index (κ3) is 6.53. The number of amides is 1. The van der Waals surface area contributed by atoms with E-state index >= 15 is 0 Å². The third-order valence-electron chi connectivity index (χ3n) is 6.74. The van der Waals surface area contributed by atoms with Crippen LogP contribution in [0, 0.1) is 6.92 Å². The van der Waals surface area contributed by atoms with Crippen LogP contribution in [0.25, 0.3) is 21.9 Å². The molecule has 0 spiro atoms. The molecule has 6 nitrogen and oxygen atoms in total. The van der Waals surface area contributed by atoms with Gasteiger partial charge in [0.1, 0.15) is 24.1 Å².